The van der Waals surface area contributed by atoms with Gasteiger partial charge in [-0.25, -0.2) is 0 Å². The summed E-state index contributed by atoms with van der Waals surface area (Å²) in [5, 5.41) is 10.7. The molecule has 1 N–H and O–H groups in total. The maximum atomic E-state index is 10.7. The van der Waals surface area contributed by atoms with E-state index < -0.39 is 5.60 Å². The summed E-state index contributed by atoms with van der Waals surface area (Å²) in [6.07, 6.45) is 16.5. The minimum Gasteiger partial charge on any atom is -0.390 e. The molecule has 0 radical (unpaired) electrons. The molecule has 0 heterocycles. The molecule has 0 amide bonds. The van der Waals surface area contributed by atoms with Crippen LogP contribution in [0.15, 0.2) is 0 Å². The van der Waals surface area contributed by atoms with Gasteiger partial charge in [0.2, 0.25) is 0 Å². The van der Waals surface area contributed by atoms with Crippen LogP contribution < -0.4 is 0 Å². The van der Waals surface area contributed by atoms with Gasteiger partial charge in [0.15, 0.2) is 0 Å². The first-order valence-electron chi connectivity index (χ1n) is 13.3. The lowest BCUT2D eigenvalue weighted by atomic mass is 9.43. The summed E-state index contributed by atoms with van der Waals surface area (Å²) in [5.74, 6) is 6.41. The van der Waals surface area contributed by atoms with Crippen molar-refractivity contribution in [1.29, 1.82) is 0 Å². The second kappa shape index (κ2) is 7.83. The first-order valence-corrected chi connectivity index (χ1v) is 13.3. The van der Waals surface area contributed by atoms with Gasteiger partial charge in [-0.2, -0.15) is 0 Å². The summed E-state index contributed by atoms with van der Waals surface area (Å²) < 4.78 is 0. The largest absolute Gasteiger partial charge is 0.390 e. The molecule has 0 aromatic heterocycles. The molecule has 0 unspecified atom stereocenters. The van der Waals surface area contributed by atoms with Gasteiger partial charge in [-0.05, 0) is 117 Å². The van der Waals surface area contributed by atoms with E-state index in [1.807, 2.05) is 0 Å². The van der Waals surface area contributed by atoms with Crippen LogP contribution in [-0.4, -0.2) is 10.7 Å². The zero-order valence-electron chi connectivity index (χ0n) is 20.5. The highest BCUT2D eigenvalue weighted by molar-refractivity contribution is 5.10. The van der Waals surface area contributed by atoms with E-state index in [0.717, 1.165) is 54.3 Å². The summed E-state index contributed by atoms with van der Waals surface area (Å²) in [7, 11) is 0. The Bertz CT molecular complexity index is 579. The van der Waals surface area contributed by atoms with Crippen molar-refractivity contribution < 1.29 is 5.11 Å². The standard InChI is InChI=1S/C28H50O/c1-19(2)8-7-9-20(3)23-12-13-24-22-11-10-21-18-26(4,29)16-17-27(21,5)25(22)14-15-28(23,24)6/h19-25,29H,7-18H2,1-6H3/t20-,21+,22+,23+,24-,25-,26+,27+,28-/m1/s1. The Morgan fingerprint density at radius 2 is 1.52 bits per heavy atom. The lowest BCUT2D eigenvalue weighted by Gasteiger charge is -2.62. The van der Waals surface area contributed by atoms with Crippen molar-refractivity contribution >= 4 is 0 Å². The van der Waals surface area contributed by atoms with Crippen LogP contribution in [0.5, 0.6) is 0 Å². The summed E-state index contributed by atoms with van der Waals surface area (Å²) in [4.78, 5) is 0. The van der Waals surface area contributed by atoms with Crippen LogP contribution in [0.4, 0.5) is 0 Å². The number of rotatable bonds is 5. The molecule has 4 rings (SSSR count). The van der Waals surface area contributed by atoms with Crippen molar-refractivity contribution in [2.45, 2.75) is 124 Å². The third kappa shape index (κ3) is 3.85. The van der Waals surface area contributed by atoms with Crippen LogP contribution in [0.1, 0.15) is 119 Å². The molecule has 29 heavy (non-hydrogen) atoms. The summed E-state index contributed by atoms with van der Waals surface area (Å²) in [6.45, 7) is 14.8. The van der Waals surface area contributed by atoms with Gasteiger partial charge in [-0.1, -0.05) is 53.9 Å². The molecule has 9 atom stereocenters. The Morgan fingerprint density at radius 1 is 0.793 bits per heavy atom. The quantitative estimate of drug-likeness (QED) is 0.496. The topological polar surface area (TPSA) is 20.2 Å². The van der Waals surface area contributed by atoms with Crippen LogP contribution in [0.25, 0.3) is 0 Å². The fourth-order valence-corrected chi connectivity index (χ4v) is 9.46. The molecule has 1 heteroatoms. The molecule has 0 saturated heterocycles. The van der Waals surface area contributed by atoms with Gasteiger partial charge in [-0.3, -0.25) is 0 Å². The van der Waals surface area contributed by atoms with Gasteiger partial charge < -0.3 is 5.11 Å². The van der Waals surface area contributed by atoms with E-state index in [2.05, 4.69) is 41.5 Å². The van der Waals surface area contributed by atoms with Crippen molar-refractivity contribution in [2.24, 2.45) is 52.3 Å². The maximum absolute atomic E-state index is 10.7. The normalized spacial score (nSPS) is 50.7. The zero-order chi connectivity index (χ0) is 21.0. The van der Waals surface area contributed by atoms with E-state index in [0.29, 0.717) is 10.8 Å². The number of aliphatic hydroxyl groups is 1. The fourth-order valence-electron chi connectivity index (χ4n) is 9.46. The summed E-state index contributed by atoms with van der Waals surface area (Å²) in [5.41, 5.74) is 0.722. The molecule has 4 saturated carbocycles. The van der Waals surface area contributed by atoms with Gasteiger partial charge in [0, 0.05) is 0 Å². The molecule has 0 aromatic carbocycles. The predicted molar refractivity (Wildman–Crippen MR) is 124 cm³/mol. The molecule has 0 aliphatic heterocycles. The smallest absolute Gasteiger partial charge is 0.0622 e. The molecule has 4 aliphatic carbocycles. The van der Waals surface area contributed by atoms with Crippen LogP contribution in [-0.2, 0) is 0 Å². The maximum Gasteiger partial charge on any atom is 0.0622 e. The Balaban J connectivity index is 1.46. The van der Waals surface area contributed by atoms with E-state index in [1.54, 1.807) is 0 Å². The number of hydrogen-bond acceptors (Lipinski definition) is 1. The van der Waals surface area contributed by atoms with E-state index >= 15 is 0 Å². The molecule has 0 bridgehead atoms. The summed E-state index contributed by atoms with van der Waals surface area (Å²) in [6, 6.07) is 0. The lowest BCUT2D eigenvalue weighted by molar-refractivity contribution is -0.148. The van der Waals surface area contributed by atoms with Crippen LogP contribution in [0.2, 0.25) is 0 Å². The Kier molecular flexibility index (Phi) is 5.98. The van der Waals surface area contributed by atoms with Crippen LogP contribution >= 0.6 is 0 Å². The minimum atomic E-state index is -0.399. The highest BCUT2D eigenvalue weighted by Gasteiger charge is 2.61. The first-order chi connectivity index (χ1) is 13.6. The van der Waals surface area contributed by atoms with Crippen LogP contribution in [0.3, 0.4) is 0 Å². The van der Waals surface area contributed by atoms with Crippen molar-refractivity contribution in [2.75, 3.05) is 0 Å². The second-order valence-corrected chi connectivity index (χ2v) is 13.4. The highest BCUT2D eigenvalue weighted by atomic mass is 16.3. The van der Waals surface area contributed by atoms with E-state index in [1.165, 1.54) is 64.2 Å². The molecule has 4 fully saturated rings. The lowest BCUT2D eigenvalue weighted by Crippen LogP contribution is -2.55. The third-order valence-electron chi connectivity index (χ3n) is 11.2. The second-order valence-electron chi connectivity index (χ2n) is 13.4. The molecule has 4 aliphatic rings. The molecular formula is C28H50O. The Labute approximate surface area is 181 Å². The van der Waals surface area contributed by atoms with Crippen molar-refractivity contribution in [1.82, 2.24) is 0 Å². The SMILES string of the molecule is CC(C)CCC[C@@H](C)[C@@H]1CC[C@@H]2[C@@H]3CC[C@H]4C[C@@](C)(O)CC[C@]4(C)[C@@H]3CC[C@@]21C. The molecule has 1 nitrogen and oxygen atoms in total. The molecule has 0 spiro atoms. The van der Waals surface area contributed by atoms with E-state index in [9.17, 15) is 5.11 Å². The van der Waals surface area contributed by atoms with Gasteiger partial charge in [-0.15, -0.1) is 0 Å². The van der Waals surface area contributed by atoms with Crippen LogP contribution in [0, 0.1) is 52.3 Å². The Hall–Kier alpha value is -0.0400. The minimum absolute atomic E-state index is 0.399. The fraction of sp³-hybridized carbons (Fsp3) is 1.00. The molecule has 168 valence electrons. The molecular weight excluding hydrogens is 352 g/mol. The van der Waals surface area contributed by atoms with Gasteiger partial charge in [0.1, 0.15) is 0 Å². The average molecular weight is 403 g/mol. The molecule has 0 aromatic rings. The van der Waals surface area contributed by atoms with E-state index in [-0.39, 0.29) is 0 Å². The van der Waals surface area contributed by atoms with Gasteiger partial charge in [0.05, 0.1) is 5.60 Å². The number of fused-ring (bicyclic) bond motifs is 5. The Morgan fingerprint density at radius 3 is 2.24 bits per heavy atom. The van der Waals surface area contributed by atoms with Gasteiger partial charge in [0.25, 0.3) is 0 Å². The highest BCUT2D eigenvalue weighted by Crippen LogP contribution is 2.68. The monoisotopic (exact) mass is 402 g/mol. The van der Waals surface area contributed by atoms with Crippen molar-refractivity contribution in [3.8, 4) is 0 Å². The summed E-state index contributed by atoms with van der Waals surface area (Å²) >= 11 is 0. The average Bonchev–Trinajstić information content (AvgIpc) is 2.99. The predicted octanol–water partition coefficient (Wildman–Crippen LogP) is 7.86. The third-order valence-corrected chi connectivity index (χ3v) is 11.2. The zero-order valence-corrected chi connectivity index (χ0v) is 20.5. The van der Waals surface area contributed by atoms with Crippen molar-refractivity contribution in [3.05, 3.63) is 0 Å². The van der Waals surface area contributed by atoms with Crippen molar-refractivity contribution in [3.63, 3.8) is 0 Å². The number of hydrogen-bond donors (Lipinski definition) is 1. The first kappa shape index (κ1) is 22.2. The van der Waals surface area contributed by atoms with Gasteiger partial charge >= 0.3 is 0 Å². The van der Waals surface area contributed by atoms with E-state index in [4.69, 9.17) is 0 Å².